The fourth-order valence-electron chi connectivity index (χ4n) is 1.72. The molecule has 0 aromatic heterocycles. The summed E-state index contributed by atoms with van der Waals surface area (Å²) in [6, 6.07) is 2.05. The highest BCUT2D eigenvalue weighted by Crippen LogP contribution is 2.07. The van der Waals surface area contributed by atoms with Crippen molar-refractivity contribution in [3.63, 3.8) is 0 Å². The molecule has 0 saturated carbocycles. The van der Waals surface area contributed by atoms with Gasteiger partial charge in [-0.1, -0.05) is 18.3 Å². The monoisotopic (exact) mass is 220 g/mol. The number of ether oxygens (including phenoxy) is 1. The van der Waals surface area contributed by atoms with Crippen molar-refractivity contribution in [3.05, 3.63) is 0 Å². The molecule has 0 amide bonds. The number of nitrogens with zero attached hydrogens (tertiary/aromatic N) is 2. The molecule has 3 nitrogen and oxygen atoms in total. The lowest BCUT2D eigenvalue weighted by Crippen LogP contribution is -2.29. The van der Waals surface area contributed by atoms with Crippen LogP contribution in [-0.4, -0.2) is 37.7 Å². The first-order chi connectivity index (χ1) is 7.93. The molecule has 88 valence electrons. The maximum atomic E-state index is 8.29. The largest absolute Gasteiger partial charge is 0.379 e. The van der Waals surface area contributed by atoms with E-state index in [2.05, 4.69) is 16.7 Å². The van der Waals surface area contributed by atoms with E-state index >= 15 is 0 Å². The van der Waals surface area contributed by atoms with E-state index in [1.54, 1.807) is 0 Å². The van der Waals surface area contributed by atoms with Gasteiger partial charge in [0, 0.05) is 6.42 Å². The van der Waals surface area contributed by atoms with Gasteiger partial charge in [-0.25, -0.2) is 0 Å². The van der Waals surface area contributed by atoms with Crippen LogP contribution in [0.15, 0.2) is 0 Å². The Hall–Kier alpha value is -1.03. The number of hydrogen-bond donors (Lipinski definition) is 0. The van der Waals surface area contributed by atoms with Crippen LogP contribution in [0.2, 0.25) is 0 Å². The zero-order valence-electron chi connectivity index (χ0n) is 9.87. The van der Waals surface area contributed by atoms with E-state index in [9.17, 15) is 0 Å². The zero-order valence-corrected chi connectivity index (χ0v) is 9.87. The normalized spacial score (nSPS) is 16.2. The summed E-state index contributed by atoms with van der Waals surface area (Å²) in [4.78, 5) is 2.41. The molecule has 1 saturated heterocycles. The number of hydrogen-bond acceptors (Lipinski definition) is 3. The van der Waals surface area contributed by atoms with Gasteiger partial charge in [-0.15, -0.1) is 0 Å². The molecule has 1 rings (SSSR count). The van der Waals surface area contributed by atoms with E-state index in [0.29, 0.717) is 19.6 Å². The average Bonchev–Trinajstić information content (AvgIpc) is 2.34. The van der Waals surface area contributed by atoms with Crippen molar-refractivity contribution in [2.45, 2.75) is 32.1 Å². The third-order valence-corrected chi connectivity index (χ3v) is 2.61. The molecular weight excluding hydrogens is 200 g/mol. The minimum atomic E-state index is 0.473. The quantitative estimate of drug-likeness (QED) is 0.523. The van der Waals surface area contributed by atoms with E-state index in [1.165, 1.54) is 32.4 Å². The summed E-state index contributed by atoms with van der Waals surface area (Å²) in [7, 11) is 0. The van der Waals surface area contributed by atoms with Crippen LogP contribution in [0.25, 0.3) is 0 Å². The summed E-state index contributed by atoms with van der Waals surface area (Å²) >= 11 is 0. The highest BCUT2D eigenvalue weighted by Gasteiger charge is 2.07. The molecule has 0 aromatic carbocycles. The molecule has 16 heavy (non-hydrogen) atoms. The minimum absolute atomic E-state index is 0.473. The van der Waals surface area contributed by atoms with Crippen molar-refractivity contribution in [2.75, 3.05) is 32.8 Å². The summed E-state index contributed by atoms with van der Waals surface area (Å²) in [5.74, 6) is 6.29. The van der Waals surface area contributed by atoms with Gasteiger partial charge in [0.15, 0.2) is 0 Å². The lowest BCUT2D eigenvalue weighted by atomic mass is 10.1. The van der Waals surface area contributed by atoms with Gasteiger partial charge in [-0.2, -0.15) is 5.26 Å². The fourth-order valence-corrected chi connectivity index (χ4v) is 1.72. The molecule has 0 aromatic rings. The number of likely N-dealkylation sites (tertiary alicyclic amines) is 1. The van der Waals surface area contributed by atoms with Gasteiger partial charge < -0.3 is 4.74 Å². The molecule has 1 heterocycles. The van der Waals surface area contributed by atoms with Crippen LogP contribution >= 0.6 is 0 Å². The molecule has 1 aliphatic heterocycles. The highest BCUT2D eigenvalue weighted by atomic mass is 16.5. The van der Waals surface area contributed by atoms with E-state index < -0.39 is 0 Å². The van der Waals surface area contributed by atoms with Crippen molar-refractivity contribution in [3.8, 4) is 17.9 Å². The maximum Gasteiger partial charge on any atom is 0.0645 e. The molecule has 0 radical (unpaired) electrons. The Balaban J connectivity index is 1.94. The number of nitriles is 1. The van der Waals surface area contributed by atoms with Crippen LogP contribution in [0.4, 0.5) is 0 Å². The Morgan fingerprint density at radius 1 is 1.00 bits per heavy atom. The lowest BCUT2D eigenvalue weighted by molar-refractivity contribution is 0.145. The second-order valence-corrected chi connectivity index (χ2v) is 3.96. The molecule has 0 atom stereocenters. The average molecular weight is 220 g/mol. The fraction of sp³-hybridized carbons (Fsp3) is 0.769. The Labute approximate surface area is 98.4 Å². The third-order valence-electron chi connectivity index (χ3n) is 2.61. The van der Waals surface area contributed by atoms with Gasteiger partial charge in [-0.05, 0) is 25.9 Å². The molecule has 0 N–H and O–H groups in total. The minimum Gasteiger partial charge on any atom is -0.379 e. The summed E-state index contributed by atoms with van der Waals surface area (Å²) in [6.45, 7) is 4.48. The molecule has 0 unspecified atom stereocenters. The van der Waals surface area contributed by atoms with Crippen LogP contribution in [0, 0.1) is 23.2 Å². The van der Waals surface area contributed by atoms with Gasteiger partial charge in [0.25, 0.3) is 0 Å². The summed E-state index contributed by atoms with van der Waals surface area (Å²) in [6.07, 6.45) is 5.26. The van der Waals surface area contributed by atoms with Gasteiger partial charge in [-0.3, -0.25) is 4.90 Å². The molecular formula is C13H20N2O. The first-order valence-electron chi connectivity index (χ1n) is 6.06. The van der Waals surface area contributed by atoms with Gasteiger partial charge >= 0.3 is 0 Å². The van der Waals surface area contributed by atoms with E-state index in [4.69, 9.17) is 10.00 Å². The predicted octanol–water partition coefficient (Wildman–Crippen LogP) is 1.80. The van der Waals surface area contributed by atoms with Crippen molar-refractivity contribution in [2.24, 2.45) is 0 Å². The second kappa shape index (κ2) is 9.21. The van der Waals surface area contributed by atoms with Crippen molar-refractivity contribution >= 4 is 0 Å². The first-order valence-corrected chi connectivity index (χ1v) is 6.06. The Bertz CT molecular complexity index is 266. The second-order valence-electron chi connectivity index (χ2n) is 3.96. The van der Waals surface area contributed by atoms with Gasteiger partial charge in [0.2, 0.25) is 0 Å². The smallest absolute Gasteiger partial charge is 0.0645 e. The Morgan fingerprint density at radius 3 is 2.50 bits per heavy atom. The van der Waals surface area contributed by atoms with E-state index in [1.807, 2.05) is 6.07 Å². The third kappa shape index (κ3) is 6.45. The molecule has 1 fully saturated rings. The lowest BCUT2D eigenvalue weighted by Gasteiger charge is -2.23. The van der Waals surface area contributed by atoms with Gasteiger partial charge in [0.1, 0.15) is 0 Å². The summed E-state index contributed by atoms with van der Waals surface area (Å²) < 4.78 is 5.23. The highest BCUT2D eigenvalue weighted by molar-refractivity contribution is 5.01. The number of rotatable bonds is 5. The van der Waals surface area contributed by atoms with E-state index in [-0.39, 0.29) is 0 Å². The van der Waals surface area contributed by atoms with Crippen molar-refractivity contribution in [1.82, 2.24) is 4.90 Å². The van der Waals surface area contributed by atoms with Crippen LogP contribution < -0.4 is 0 Å². The van der Waals surface area contributed by atoms with Gasteiger partial charge in [0.05, 0.1) is 32.2 Å². The maximum absolute atomic E-state index is 8.29. The summed E-state index contributed by atoms with van der Waals surface area (Å²) in [5, 5.41) is 8.29. The topological polar surface area (TPSA) is 36.3 Å². The van der Waals surface area contributed by atoms with Crippen LogP contribution in [0.3, 0.4) is 0 Å². The van der Waals surface area contributed by atoms with Crippen molar-refractivity contribution in [1.29, 1.82) is 5.26 Å². The molecule has 3 heteroatoms. The first kappa shape index (κ1) is 13.0. The molecule has 0 aliphatic carbocycles. The standard InChI is InChI=1S/C13H20N2O/c14-8-7-13-16-12-6-2-5-11-15-9-3-1-4-10-15/h1,3-4,6-7,9-13H2. The summed E-state index contributed by atoms with van der Waals surface area (Å²) in [5.41, 5.74) is 0. The Kier molecular flexibility index (Phi) is 7.51. The molecule has 0 spiro atoms. The van der Waals surface area contributed by atoms with E-state index in [0.717, 1.165) is 13.0 Å². The van der Waals surface area contributed by atoms with Crippen LogP contribution in [0.1, 0.15) is 32.1 Å². The van der Waals surface area contributed by atoms with Crippen LogP contribution in [-0.2, 0) is 4.74 Å². The molecule has 1 aliphatic rings. The molecule has 0 bridgehead atoms. The number of piperidine rings is 1. The SMILES string of the molecule is N#CCCOCCC#CCN1CCCCC1. The van der Waals surface area contributed by atoms with Crippen molar-refractivity contribution < 1.29 is 4.74 Å². The van der Waals surface area contributed by atoms with Crippen LogP contribution in [0.5, 0.6) is 0 Å². The predicted molar refractivity (Wildman–Crippen MR) is 63.7 cm³/mol. The zero-order chi connectivity index (χ0) is 11.5. The Morgan fingerprint density at radius 2 is 1.75 bits per heavy atom.